The zero-order chi connectivity index (χ0) is 17.4. The maximum Gasteiger partial charge on any atom is 0.411 e. The van der Waals surface area contributed by atoms with Crippen LogP contribution in [0.2, 0.25) is 0 Å². The van der Waals surface area contributed by atoms with Gasteiger partial charge in [-0.25, -0.2) is 9.59 Å². The average Bonchev–Trinajstić information content (AvgIpc) is 2.90. The lowest BCUT2D eigenvalue weighted by atomic mass is 9.64. The summed E-state index contributed by atoms with van der Waals surface area (Å²) in [5.74, 6) is -1.00. The molecule has 1 amide bonds. The summed E-state index contributed by atoms with van der Waals surface area (Å²) in [7, 11) is 0. The molecular weight excluding hydrogens is 310 g/mol. The lowest BCUT2D eigenvalue weighted by Gasteiger charge is -2.42. The van der Waals surface area contributed by atoms with Gasteiger partial charge in [-0.05, 0) is 36.7 Å². The van der Waals surface area contributed by atoms with Crippen molar-refractivity contribution >= 4 is 12.1 Å². The van der Waals surface area contributed by atoms with Crippen LogP contribution in [0.5, 0.6) is 0 Å². The third-order valence-electron chi connectivity index (χ3n) is 5.42. The van der Waals surface area contributed by atoms with Gasteiger partial charge in [-0.1, -0.05) is 37.3 Å². The summed E-state index contributed by atoms with van der Waals surface area (Å²) in [4.78, 5) is 25.9. The molecule has 2 N–H and O–H groups in total. The molecule has 0 aromatic heterocycles. The van der Waals surface area contributed by atoms with Gasteiger partial charge in [0, 0.05) is 6.54 Å². The number of likely N-dealkylation sites (tertiary alicyclic amines) is 1. The van der Waals surface area contributed by atoms with E-state index in [2.05, 4.69) is 0 Å². The molecule has 2 aliphatic rings. The van der Waals surface area contributed by atoms with Crippen LogP contribution in [0.1, 0.15) is 38.2 Å². The summed E-state index contributed by atoms with van der Waals surface area (Å²) in [5, 5.41) is 19.4. The van der Waals surface area contributed by atoms with Gasteiger partial charge in [-0.15, -0.1) is 0 Å². The maximum atomic E-state index is 12.6. The number of carbonyl (C=O) groups is 2. The van der Waals surface area contributed by atoms with Gasteiger partial charge < -0.3 is 14.9 Å². The zero-order valence-corrected chi connectivity index (χ0v) is 13.8. The van der Waals surface area contributed by atoms with Crippen molar-refractivity contribution in [1.82, 2.24) is 4.90 Å². The van der Waals surface area contributed by atoms with E-state index in [0.717, 1.165) is 5.56 Å². The van der Waals surface area contributed by atoms with E-state index in [0.29, 0.717) is 32.2 Å². The highest BCUT2D eigenvalue weighted by Gasteiger charge is 2.62. The Morgan fingerprint density at radius 2 is 1.96 bits per heavy atom. The topological polar surface area (TPSA) is 87.1 Å². The van der Waals surface area contributed by atoms with E-state index in [1.807, 2.05) is 30.3 Å². The van der Waals surface area contributed by atoms with Crippen molar-refractivity contribution in [2.24, 2.45) is 5.41 Å². The molecule has 130 valence electrons. The van der Waals surface area contributed by atoms with Crippen molar-refractivity contribution in [2.75, 3.05) is 6.54 Å². The van der Waals surface area contributed by atoms with Crippen LogP contribution in [0.3, 0.4) is 0 Å². The van der Waals surface area contributed by atoms with Gasteiger partial charge >= 0.3 is 12.1 Å². The molecule has 2 fully saturated rings. The number of carboxylic acid groups (broad SMARTS) is 1. The minimum absolute atomic E-state index is 0.116. The van der Waals surface area contributed by atoms with Crippen molar-refractivity contribution in [3.8, 4) is 0 Å². The van der Waals surface area contributed by atoms with E-state index >= 15 is 0 Å². The zero-order valence-electron chi connectivity index (χ0n) is 13.8. The molecule has 3 rings (SSSR count). The number of aliphatic hydroxyl groups is 1. The van der Waals surface area contributed by atoms with Crippen LogP contribution >= 0.6 is 0 Å². The van der Waals surface area contributed by atoms with E-state index in [1.165, 1.54) is 4.90 Å². The molecule has 1 aliphatic heterocycles. The number of carboxylic acids is 1. The first-order valence-electron chi connectivity index (χ1n) is 8.31. The Hall–Kier alpha value is -2.08. The first kappa shape index (κ1) is 16.8. The standard InChI is InChI=1S/C18H23NO5/c1-2-18(15(21)22)11-17(8-14(20)9-17)12-19(18)16(23)24-10-13-6-4-3-5-7-13/h3-7,14,20H,2,8-12H2,1H3,(H,21,22). The summed E-state index contributed by atoms with van der Waals surface area (Å²) in [6, 6.07) is 9.30. The van der Waals surface area contributed by atoms with Crippen molar-refractivity contribution in [3.63, 3.8) is 0 Å². The molecule has 6 nitrogen and oxygen atoms in total. The van der Waals surface area contributed by atoms with Crippen LogP contribution in [0.15, 0.2) is 30.3 Å². The van der Waals surface area contributed by atoms with Gasteiger partial charge in [0.1, 0.15) is 12.1 Å². The second-order valence-corrected chi connectivity index (χ2v) is 7.06. The number of hydrogen-bond acceptors (Lipinski definition) is 4. The molecule has 0 bridgehead atoms. The van der Waals surface area contributed by atoms with E-state index in [1.54, 1.807) is 6.92 Å². The number of benzene rings is 1. The Balaban J connectivity index is 1.75. The summed E-state index contributed by atoms with van der Waals surface area (Å²) in [6.07, 6.45) is 0.800. The predicted molar refractivity (Wildman–Crippen MR) is 86.3 cm³/mol. The molecule has 1 atom stereocenters. The van der Waals surface area contributed by atoms with E-state index in [4.69, 9.17) is 4.74 Å². The van der Waals surface area contributed by atoms with Crippen molar-refractivity contribution in [2.45, 2.75) is 50.9 Å². The van der Waals surface area contributed by atoms with Crippen LogP contribution in [-0.4, -0.2) is 45.4 Å². The van der Waals surface area contributed by atoms with Gasteiger partial charge in [-0.2, -0.15) is 0 Å². The lowest BCUT2D eigenvalue weighted by molar-refractivity contribution is -0.149. The Morgan fingerprint density at radius 3 is 2.50 bits per heavy atom. The molecule has 0 radical (unpaired) electrons. The first-order valence-corrected chi connectivity index (χ1v) is 8.31. The second kappa shape index (κ2) is 6.09. The third kappa shape index (κ3) is 2.75. The summed E-state index contributed by atoms with van der Waals surface area (Å²) in [5.41, 5.74) is -0.677. The molecule has 1 aromatic rings. The summed E-state index contributed by atoms with van der Waals surface area (Å²) >= 11 is 0. The van der Waals surface area contributed by atoms with Crippen molar-refractivity contribution < 1.29 is 24.5 Å². The fraction of sp³-hybridized carbons (Fsp3) is 0.556. The third-order valence-corrected chi connectivity index (χ3v) is 5.42. The fourth-order valence-corrected chi connectivity index (χ4v) is 4.17. The SMILES string of the molecule is CCC1(C(=O)O)CC2(CC(O)C2)CN1C(=O)OCc1ccccc1. The molecule has 6 heteroatoms. The highest BCUT2D eigenvalue weighted by Crippen LogP contribution is 2.55. The lowest BCUT2D eigenvalue weighted by Crippen LogP contribution is -2.52. The highest BCUT2D eigenvalue weighted by atomic mass is 16.6. The van der Waals surface area contributed by atoms with Gasteiger partial charge in [0.2, 0.25) is 0 Å². The minimum atomic E-state index is -1.24. The van der Waals surface area contributed by atoms with Crippen LogP contribution in [-0.2, 0) is 16.1 Å². The number of aliphatic hydroxyl groups excluding tert-OH is 1. The van der Waals surface area contributed by atoms with E-state index in [-0.39, 0.29) is 12.0 Å². The number of amides is 1. The minimum Gasteiger partial charge on any atom is -0.479 e. The van der Waals surface area contributed by atoms with Crippen molar-refractivity contribution in [3.05, 3.63) is 35.9 Å². The average molecular weight is 333 g/mol. The maximum absolute atomic E-state index is 12.6. The summed E-state index contributed by atoms with van der Waals surface area (Å²) in [6.45, 7) is 2.22. The van der Waals surface area contributed by atoms with Gasteiger partial charge in [0.05, 0.1) is 6.10 Å². The largest absolute Gasteiger partial charge is 0.479 e. The number of carbonyl (C=O) groups excluding carboxylic acids is 1. The molecule has 1 aliphatic carbocycles. The van der Waals surface area contributed by atoms with Crippen molar-refractivity contribution in [1.29, 1.82) is 0 Å². The molecule has 1 aromatic carbocycles. The molecule has 1 saturated carbocycles. The van der Waals surface area contributed by atoms with Crippen LogP contribution in [0.25, 0.3) is 0 Å². The van der Waals surface area contributed by atoms with Crippen LogP contribution in [0.4, 0.5) is 4.79 Å². The second-order valence-electron chi connectivity index (χ2n) is 7.06. The monoisotopic (exact) mass is 333 g/mol. The quantitative estimate of drug-likeness (QED) is 0.883. The van der Waals surface area contributed by atoms with Crippen LogP contribution < -0.4 is 0 Å². The fourth-order valence-electron chi connectivity index (χ4n) is 4.17. The molecule has 1 unspecified atom stereocenters. The smallest absolute Gasteiger partial charge is 0.411 e. The van der Waals surface area contributed by atoms with Gasteiger partial charge in [-0.3, -0.25) is 4.90 Å². The Bertz CT molecular complexity index is 626. The first-order chi connectivity index (χ1) is 11.4. The van der Waals surface area contributed by atoms with E-state index < -0.39 is 23.7 Å². The van der Waals surface area contributed by atoms with Crippen LogP contribution in [0, 0.1) is 5.41 Å². The summed E-state index contributed by atoms with van der Waals surface area (Å²) < 4.78 is 5.37. The molecule has 1 spiro atoms. The number of hydrogen-bond donors (Lipinski definition) is 2. The van der Waals surface area contributed by atoms with Gasteiger partial charge in [0.15, 0.2) is 0 Å². The molecular formula is C18H23NO5. The molecule has 1 heterocycles. The molecule has 1 saturated heterocycles. The Kier molecular flexibility index (Phi) is 4.25. The Morgan fingerprint density at radius 1 is 1.29 bits per heavy atom. The number of nitrogens with zero attached hydrogens (tertiary/aromatic N) is 1. The Labute approximate surface area is 141 Å². The predicted octanol–water partition coefficient (Wildman–Crippen LogP) is 2.40. The van der Waals surface area contributed by atoms with E-state index in [9.17, 15) is 19.8 Å². The van der Waals surface area contributed by atoms with Gasteiger partial charge in [0.25, 0.3) is 0 Å². The number of rotatable bonds is 4. The number of aliphatic carboxylic acids is 1. The number of ether oxygens (including phenoxy) is 1. The normalized spacial score (nSPS) is 31.8. The highest BCUT2D eigenvalue weighted by molar-refractivity contribution is 5.85. The molecule has 24 heavy (non-hydrogen) atoms.